The molecule has 22 heavy (non-hydrogen) atoms. The highest BCUT2D eigenvalue weighted by Gasteiger charge is 2.31. The van der Waals surface area contributed by atoms with Gasteiger partial charge in [0.1, 0.15) is 5.78 Å². The van der Waals surface area contributed by atoms with E-state index in [1.165, 1.54) is 11.1 Å². The number of rotatable bonds is 4. The van der Waals surface area contributed by atoms with Gasteiger partial charge >= 0.3 is 0 Å². The minimum Gasteiger partial charge on any atom is -0.300 e. The van der Waals surface area contributed by atoms with E-state index >= 15 is 0 Å². The highest BCUT2D eigenvalue weighted by atomic mass is 16.1. The predicted molar refractivity (Wildman–Crippen MR) is 94.6 cm³/mol. The Bertz CT molecular complexity index is 428. The molecule has 6 atom stereocenters. The normalized spacial score (nSPS) is 39.2. The van der Waals surface area contributed by atoms with Crippen molar-refractivity contribution < 1.29 is 4.79 Å². The number of ketones is 1. The van der Waals surface area contributed by atoms with Gasteiger partial charge in [-0.05, 0) is 62.2 Å². The van der Waals surface area contributed by atoms with Gasteiger partial charge in [0.05, 0.1) is 0 Å². The lowest BCUT2D eigenvalue weighted by molar-refractivity contribution is -0.121. The van der Waals surface area contributed by atoms with Gasteiger partial charge in [-0.2, -0.15) is 0 Å². The maximum atomic E-state index is 12.7. The van der Waals surface area contributed by atoms with Crippen LogP contribution in [0.25, 0.3) is 0 Å². The van der Waals surface area contributed by atoms with Crippen LogP contribution in [0.3, 0.4) is 0 Å². The molecule has 0 fully saturated rings. The molecule has 0 aromatic rings. The second-order valence-electron chi connectivity index (χ2n) is 8.34. The van der Waals surface area contributed by atoms with Gasteiger partial charge in [-0.25, -0.2) is 0 Å². The lowest BCUT2D eigenvalue weighted by Gasteiger charge is -2.34. The summed E-state index contributed by atoms with van der Waals surface area (Å²) < 4.78 is 0. The van der Waals surface area contributed by atoms with Gasteiger partial charge in [0, 0.05) is 12.8 Å². The first-order valence-corrected chi connectivity index (χ1v) is 9.14. The summed E-state index contributed by atoms with van der Waals surface area (Å²) in [4.78, 5) is 12.7. The van der Waals surface area contributed by atoms with Gasteiger partial charge in [-0.15, -0.1) is 0 Å². The third-order valence-electron chi connectivity index (χ3n) is 6.39. The van der Waals surface area contributed by atoms with Crippen LogP contribution >= 0.6 is 0 Å². The van der Waals surface area contributed by atoms with E-state index in [1.807, 2.05) is 0 Å². The standard InChI is InChI=1S/C21H34O/c1-13-7-15(3)17(5)19(9-13)11-21(22)12-20-10-14(2)8-16(4)18(20)6/h7-8,15-20H,9-12H2,1-6H3. The molecule has 1 heteroatoms. The zero-order chi connectivity index (χ0) is 16.4. The maximum absolute atomic E-state index is 12.7. The number of carbonyl (C=O) groups excluding carboxylic acids is 1. The lowest BCUT2D eigenvalue weighted by Crippen LogP contribution is -2.28. The average molecular weight is 303 g/mol. The Labute approximate surface area is 137 Å². The average Bonchev–Trinajstić information content (AvgIpc) is 2.41. The van der Waals surface area contributed by atoms with Gasteiger partial charge < -0.3 is 0 Å². The van der Waals surface area contributed by atoms with Crippen LogP contribution < -0.4 is 0 Å². The first-order valence-electron chi connectivity index (χ1n) is 9.14. The summed E-state index contributed by atoms with van der Waals surface area (Å²) in [6.07, 6.45) is 8.60. The summed E-state index contributed by atoms with van der Waals surface area (Å²) in [7, 11) is 0. The number of carbonyl (C=O) groups is 1. The van der Waals surface area contributed by atoms with Gasteiger partial charge in [-0.3, -0.25) is 4.79 Å². The molecule has 0 aliphatic heterocycles. The minimum atomic E-state index is 0.498. The molecule has 6 unspecified atom stereocenters. The Morgan fingerprint density at radius 3 is 1.59 bits per heavy atom. The molecule has 0 saturated heterocycles. The molecule has 0 aromatic carbocycles. The van der Waals surface area contributed by atoms with Crippen molar-refractivity contribution in [1.29, 1.82) is 0 Å². The van der Waals surface area contributed by atoms with Gasteiger partial charge in [0.25, 0.3) is 0 Å². The zero-order valence-corrected chi connectivity index (χ0v) is 15.4. The summed E-state index contributed by atoms with van der Waals surface area (Å²) in [6, 6.07) is 0. The summed E-state index contributed by atoms with van der Waals surface area (Å²) in [5, 5.41) is 0. The molecule has 124 valence electrons. The smallest absolute Gasteiger partial charge is 0.133 e. The van der Waals surface area contributed by atoms with Crippen LogP contribution in [0.2, 0.25) is 0 Å². The van der Waals surface area contributed by atoms with Gasteiger partial charge in [0.2, 0.25) is 0 Å². The molecule has 2 aliphatic rings. The van der Waals surface area contributed by atoms with E-state index in [2.05, 4.69) is 53.7 Å². The lowest BCUT2D eigenvalue weighted by atomic mass is 9.70. The maximum Gasteiger partial charge on any atom is 0.133 e. The molecule has 0 aromatic heterocycles. The molecule has 2 aliphatic carbocycles. The van der Waals surface area contributed by atoms with Gasteiger partial charge in [-0.1, -0.05) is 51.0 Å². The van der Waals surface area contributed by atoms with Crippen molar-refractivity contribution in [2.45, 2.75) is 67.2 Å². The van der Waals surface area contributed by atoms with Crippen LogP contribution in [0, 0.1) is 35.5 Å². The van der Waals surface area contributed by atoms with Crippen molar-refractivity contribution >= 4 is 5.78 Å². The highest BCUT2D eigenvalue weighted by molar-refractivity contribution is 5.79. The summed E-state index contributed by atoms with van der Waals surface area (Å²) in [5.41, 5.74) is 2.95. The number of hydrogen-bond acceptors (Lipinski definition) is 1. The molecule has 0 amide bonds. The zero-order valence-electron chi connectivity index (χ0n) is 15.4. The number of allylic oxidation sites excluding steroid dienone is 4. The van der Waals surface area contributed by atoms with E-state index in [-0.39, 0.29) is 0 Å². The predicted octanol–water partition coefficient (Wildman–Crippen LogP) is 5.81. The van der Waals surface area contributed by atoms with Crippen molar-refractivity contribution in [2.75, 3.05) is 0 Å². The fourth-order valence-electron chi connectivity index (χ4n) is 4.58. The Morgan fingerprint density at radius 1 is 0.864 bits per heavy atom. The molecule has 0 bridgehead atoms. The second kappa shape index (κ2) is 7.15. The molecule has 0 N–H and O–H groups in total. The fourth-order valence-corrected chi connectivity index (χ4v) is 4.58. The van der Waals surface area contributed by atoms with E-state index in [0.717, 1.165) is 25.7 Å². The van der Waals surface area contributed by atoms with E-state index in [4.69, 9.17) is 0 Å². The topological polar surface area (TPSA) is 17.1 Å². The molecular formula is C21H34O. The number of hydrogen-bond donors (Lipinski definition) is 0. The number of Topliss-reactive ketones (excluding diaryl/α,β-unsaturated/α-hetero) is 1. The summed E-state index contributed by atoms with van der Waals surface area (Å²) >= 11 is 0. The van der Waals surface area contributed by atoms with Crippen molar-refractivity contribution in [3.63, 3.8) is 0 Å². The van der Waals surface area contributed by atoms with Crippen LogP contribution in [-0.2, 0) is 4.79 Å². The van der Waals surface area contributed by atoms with Crippen molar-refractivity contribution in [3.05, 3.63) is 23.3 Å². The van der Waals surface area contributed by atoms with Crippen LogP contribution in [0.1, 0.15) is 67.2 Å². The first-order chi connectivity index (χ1) is 10.3. The largest absolute Gasteiger partial charge is 0.300 e. The van der Waals surface area contributed by atoms with Crippen LogP contribution in [0.5, 0.6) is 0 Å². The monoisotopic (exact) mass is 302 g/mol. The Kier molecular flexibility index (Phi) is 5.69. The third kappa shape index (κ3) is 4.12. The Morgan fingerprint density at radius 2 is 1.23 bits per heavy atom. The highest BCUT2D eigenvalue weighted by Crippen LogP contribution is 2.38. The Hall–Kier alpha value is -0.850. The quantitative estimate of drug-likeness (QED) is 0.599. The van der Waals surface area contributed by atoms with E-state index in [0.29, 0.717) is 41.3 Å². The van der Waals surface area contributed by atoms with E-state index < -0.39 is 0 Å². The summed E-state index contributed by atoms with van der Waals surface area (Å²) in [6.45, 7) is 13.7. The van der Waals surface area contributed by atoms with E-state index in [1.54, 1.807) is 0 Å². The minimum absolute atomic E-state index is 0.498. The molecule has 2 rings (SSSR count). The molecule has 0 saturated carbocycles. The molecule has 0 spiro atoms. The first kappa shape index (κ1) is 17.5. The molecule has 0 radical (unpaired) electrons. The van der Waals surface area contributed by atoms with Gasteiger partial charge in [0.15, 0.2) is 0 Å². The second-order valence-corrected chi connectivity index (χ2v) is 8.34. The molecule has 1 nitrogen and oxygen atoms in total. The van der Waals surface area contributed by atoms with Crippen LogP contribution in [0.15, 0.2) is 23.3 Å². The molecule has 0 heterocycles. The Balaban J connectivity index is 1.93. The van der Waals surface area contributed by atoms with Crippen molar-refractivity contribution in [1.82, 2.24) is 0 Å². The van der Waals surface area contributed by atoms with Crippen LogP contribution in [-0.4, -0.2) is 5.78 Å². The van der Waals surface area contributed by atoms with Crippen molar-refractivity contribution in [2.24, 2.45) is 35.5 Å². The molecular weight excluding hydrogens is 268 g/mol. The van der Waals surface area contributed by atoms with E-state index in [9.17, 15) is 4.79 Å². The fraction of sp³-hybridized carbons (Fsp3) is 0.762. The SMILES string of the molecule is CC1=CC(C)C(C)C(CC(=O)CC2CC(C)=CC(C)C2C)C1. The van der Waals surface area contributed by atoms with Crippen LogP contribution in [0.4, 0.5) is 0 Å². The summed E-state index contributed by atoms with van der Waals surface area (Å²) in [5.74, 6) is 4.11. The van der Waals surface area contributed by atoms with Crippen molar-refractivity contribution in [3.8, 4) is 0 Å². The third-order valence-corrected chi connectivity index (χ3v) is 6.39.